The number of likely N-dealkylation sites (N-methyl/N-ethyl adjacent to an activating group) is 1. The lowest BCUT2D eigenvalue weighted by atomic mass is 9.86. The van der Waals surface area contributed by atoms with Gasteiger partial charge < -0.3 is 15.0 Å². The van der Waals surface area contributed by atoms with Gasteiger partial charge in [-0.05, 0) is 31.4 Å². The molecule has 5 heteroatoms. The average Bonchev–Trinajstić information content (AvgIpc) is 2.61. The highest BCUT2D eigenvalue weighted by atomic mass is 16.5. The SMILES string of the molecule is CCN1C(=O)COc2cc(NC(=O)CCC3CCCCC3)ccc21. The highest BCUT2D eigenvalue weighted by molar-refractivity contribution is 5.99. The van der Waals surface area contributed by atoms with Gasteiger partial charge in [0.25, 0.3) is 5.91 Å². The number of amides is 2. The summed E-state index contributed by atoms with van der Waals surface area (Å²) in [5.41, 5.74) is 1.50. The molecular weight excluding hydrogens is 304 g/mol. The average molecular weight is 330 g/mol. The van der Waals surface area contributed by atoms with E-state index in [1.54, 1.807) is 4.90 Å². The molecule has 2 amide bonds. The third-order valence-corrected chi connectivity index (χ3v) is 5.01. The third-order valence-electron chi connectivity index (χ3n) is 5.01. The molecule has 0 radical (unpaired) electrons. The van der Waals surface area contributed by atoms with Gasteiger partial charge in [0.2, 0.25) is 5.91 Å². The lowest BCUT2D eigenvalue weighted by Gasteiger charge is -2.28. The Bertz CT molecular complexity index is 609. The predicted molar refractivity (Wildman–Crippen MR) is 94.4 cm³/mol. The third kappa shape index (κ3) is 3.89. The molecule has 1 aromatic carbocycles. The molecule has 1 aliphatic heterocycles. The fraction of sp³-hybridized carbons (Fsp3) is 0.579. The molecule has 3 rings (SSSR count). The zero-order valence-electron chi connectivity index (χ0n) is 14.3. The molecule has 0 saturated heterocycles. The maximum Gasteiger partial charge on any atom is 0.265 e. The molecule has 0 atom stereocenters. The number of carbonyl (C=O) groups is 2. The second kappa shape index (κ2) is 7.69. The lowest BCUT2D eigenvalue weighted by molar-refractivity contribution is -0.121. The van der Waals surface area contributed by atoms with Crippen molar-refractivity contribution in [2.24, 2.45) is 5.92 Å². The van der Waals surface area contributed by atoms with Crippen LogP contribution in [0.3, 0.4) is 0 Å². The number of rotatable bonds is 5. The van der Waals surface area contributed by atoms with Crippen LogP contribution in [-0.2, 0) is 9.59 Å². The Morgan fingerprint density at radius 3 is 2.83 bits per heavy atom. The van der Waals surface area contributed by atoms with E-state index in [2.05, 4.69) is 5.32 Å². The van der Waals surface area contributed by atoms with Crippen LogP contribution in [0.1, 0.15) is 51.9 Å². The molecule has 5 nitrogen and oxygen atoms in total. The van der Waals surface area contributed by atoms with Gasteiger partial charge in [-0.1, -0.05) is 32.1 Å². The van der Waals surface area contributed by atoms with Crippen LogP contribution < -0.4 is 15.0 Å². The number of nitrogens with one attached hydrogen (secondary N) is 1. The summed E-state index contributed by atoms with van der Waals surface area (Å²) in [5, 5.41) is 2.95. The molecule has 1 aliphatic carbocycles. The van der Waals surface area contributed by atoms with Crippen molar-refractivity contribution in [1.82, 2.24) is 0 Å². The van der Waals surface area contributed by atoms with Crippen LogP contribution in [0.2, 0.25) is 0 Å². The lowest BCUT2D eigenvalue weighted by Crippen LogP contribution is -2.38. The molecule has 1 N–H and O–H groups in total. The molecule has 1 heterocycles. The summed E-state index contributed by atoms with van der Waals surface area (Å²) < 4.78 is 5.50. The number of nitrogens with zero attached hydrogens (tertiary/aromatic N) is 1. The minimum Gasteiger partial charge on any atom is -0.481 e. The van der Waals surface area contributed by atoms with E-state index >= 15 is 0 Å². The maximum atomic E-state index is 12.2. The van der Waals surface area contributed by atoms with Crippen molar-refractivity contribution in [3.63, 3.8) is 0 Å². The van der Waals surface area contributed by atoms with Crippen molar-refractivity contribution in [2.45, 2.75) is 51.9 Å². The van der Waals surface area contributed by atoms with E-state index in [1.165, 1.54) is 32.1 Å². The molecule has 2 aliphatic rings. The molecule has 0 aromatic heterocycles. The fourth-order valence-corrected chi connectivity index (χ4v) is 3.66. The van der Waals surface area contributed by atoms with Crippen LogP contribution in [-0.4, -0.2) is 25.0 Å². The van der Waals surface area contributed by atoms with Crippen LogP contribution >= 0.6 is 0 Å². The molecule has 1 aromatic rings. The van der Waals surface area contributed by atoms with Crippen LogP contribution in [0.15, 0.2) is 18.2 Å². The van der Waals surface area contributed by atoms with Crippen molar-refractivity contribution < 1.29 is 14.3 Å². The summed E-state index contributed by atoms with van der Waals surface area (Å²) in [4.78, 5) is 25.7. The quantitative estimate of drug-likeness (QED) is 0.895. The van der Waals surface area contributed by atoms with Gasteiger partial charge in [-0.3, -0.25) is 9.59 Å². The minimum absolute atomic E-state index is 0.0331. The van der Waals surface area contributed by atoms with Gasteiger partial charge in [0.05, 0.1) is 5.69 Å². The Kier molecular flexibility index (Phi) is 5.38. The van der Waals surface area contributed by atoms with E-state index in [0.717, 1.165) is 17.8 Å². The van der Waals surface area contributed by atoms with Gasteiger partial charge in [-0.15, -0.1) is 0 Å². The molecule has 1 fully saturated rings. The van der Waals surface area contributed by atoms with E-state index in [9.17, 15) is 9.59 Å². The zero-order chi connectivity index (χ0) is 16.9. The van der Waals surface area contributed by atoms with Gasteiger partial charge in [0, 0.05) is 24.7 Å². The topological polar surface area (TPSA) is 58.6 Å². The number of benzene rings is 1. The molecular formula is C19H26N2O3. The summed E-state index contributed by atoms with van der Waals surface area (Å²) in [6.07, 6.45) is 8.03. The first-order valence-corrected chi connectivity index (χ1v) is 9.04. The molecule has 130 valence electrons. The summed E-state index contributed by atoms with van der Waals surface area (Å²) in [5.74, 6) is 1.39. The van der Waals surface area contributed by atoms with Crippen molar-refractivity contribution in [3.05, 3.63) is 18.2 Å². The first-order valence-electron chi connectivity index (χ1n) is 9.04. The van der Waals surface area contributed by atoms with E-state index in [0.29, 0.717) is 24.6 Å². The predicted octanol–water partition coefficient (Wildman–Crippen LogP) is 3.73. The number of hydrogen-bond acceptors (Lipinski definition) is 3. The minimum atomic E-state index is -0.0331. The van der Waals surface area contributed by atoms with Crippen LogP contribution in [0.4, 0.5) is 11.4 Å². The second-order valence-corrected chi connectivity index (χ2v) is 6.70. The Hall–Kier alpha value is -2.04. The second-order valence-electron chi connectivity index (χ2n) is 6.70. The Morgan fingerprint density at radius 1 is 1.29 bits per heavy atom. The van der Waals surface area contributed by atoms with Gasteiger partial charge in [0.15, 0.2) is 6.61 Å². The van der Waals surface area contributed by atoms with Gasteiger partial charge in [0.1, 0.15) is 5.75 Å². The molecule has 0 unspecified atom stereocenters. The van der Waals surface area contributed by atoms with Crippen molar-refractivity contribution in [1.29, 1.82) is 0 Å². The van der Waals surface area contributed by atoms with Crippen molar-refractivity contribution in [3.8, 4) is 5.75 Å². The Balaban J connectivity index is 1.57. The summed E-state index contributed by atoms with van der Waals surface area (Å²) in [6, 6.07) is 5.48. The number of ether oxygens (including phenoxy) is 1. The number of fused-ring (bicyclic) bond motifs is 1. The molecule has 0 bridgehead atoms. The number of anilines is 2. The van der Waals surface area contributed by atoms with Crippen molar-refractivity contribution >= 4 is 23.2 Å². The van der Waals surface area contributed by atoms with Crippen LogP contribution in [0.25, 0.3) is 0 Å². The van der Waals surface area contributed by atoms with E-state index in [1.807, 2.05) is 25.1 Å². The largest absolute Gasteiger partial charge is 0.481 e. The summed E-state index contributed by atoms with van der Waals surface area (Å²) in [7, 11) is 0. The molecule has 1 saturated carbocycles. The fourth-order valence-electron chi connectivity index (χ4n) is 3.66. The van der Waals surface area contributed by atoms with Crippen LogP contribution in [0, 0.1) is 5.92 Å². The molecule has 24 heavy (non-hydrogen) atoms. The Morgan fingerprint density at radius 2 is 2.08 bits per heavy atom. The first-order chi connectivity index (χ1) is 11.7. The standard InChI is InChI=1S/C19H26N2O3/c1-2-21-16-10-9-15(12-17(16)24-13-19(21)23)20-18(22)11-8-14-6-4-3-5-7-14/h9-10,12,14H,2-8,11,13H2,1H3,(H,20,22). The van der Waals surface area contributed by atoms with Crippen LogP contribution in [0.5, 0.6) is 5.75 Å². The summed E-state index contributed by atoms with van der Waals surface area (Å²) >= 11 is 0. The van der Waals surface area contributed by atoms with E-state index in [4.69, 9.17) is 4.74 Å². The van der Waals surface area contributed by atoms with Gasteiger partial charge in [-0.25, -0.2) is 0 Å². The Labute approximate surface area is 143 Å². The smallest absolute Gasteiger partial charge is 0.265 e. The highest BCUT2D eigenvalue weighted by Crippen LogP contribution is 2.34. The van der Waals surface area contributed by atoms with E-state index < -0.39 is 0 Å². The number of hydrogen-bond donors (Lipinski definition) is 1. The monoisotopic (exact) mass is 330 g/mol. The normalized spacial score (nSPS) is 18.0. The first kappa shape index (κ1) is 16.8. The van der Waals surface area contributed by atoms with Gasteiger partial charge >= 0.3 is 0 Å². The molecule has 0 spiro atoms. The van der Waals surface area contributed by atoms with Gasteiger partial charge in [-0.2, -0.15) is 0 Å². The summed E-state index contributed by atoms with van der Waals surface area (Å²) in [6.45, 7) is 2.61. The zero-order valence-corrected chi connectivity index (χ0v) is 14.3. The van der Waals surface area contributed by atoms with E-state index in [-0.39, 0.29) is 18.4 Å². The van der Waals surface area contributed by atoms with Crippen molar-refractivity contribution in [2.75, 3.05) is 23.4 Å². The maximum absolute atomic E-state index is 12.2. The highest BCUT2D eigenvalue weighted by Gasteiger charge is 2.24. The number of carbonyl (C=O) groups excluding carboxylic acids is 2.